The van der Waals surface area contributed by atoms with Gasteiger partial charge < -0.3 is 10.6 Å². The van der Waals surface area contributed by atoms with Crippen molar-refractivity contribution < 1.29 is 14.4 Å². The van der Waals surface area contributed by atoms with Crippen LogP contribution in [0.5, 0.6) is 0 Å². The van der Waals surface area contributed by atoms with Crippen molar-refractivity contribution in [1.29, 1.82) is 0 Å². The minimum atomic E-state index is -0.107. The molecule has 0 aromatic heterocycles. The Morgan fingerprint density at radius 2 is 1.29 bits per heavy atom. The molecule has 0 bridgehead atoms. The summed E-state index contributed by atoms with van der Waals surface area (Å²) in [4.78, 5) is 36.5. The predicted molar refractivity (Wildman–Crippen MR) is 110 cm³/mol. The molecule has 0 aliphatic heterocycles. The molecule has 0 radical (unpaired) electrons. The number of ketones is 1. The number of carbonyl (C=O) groups excluding carboxylic acids is 3. The molecule has 0 heterocycles. The van der Waals surface area contributed by atoms with E-state index in [1.54, 1.807) is 24.3 Å². The van der Waals surface area contributed by atoms with Crippen LogP contribution in [-0.2, 0) is 9.59 Å². The number of carbonyl (C=O) groups is 3. The molecular formula is C23H26N2O3. The maximum Gasteiger partial charge on any atom is 0.227 e. The molecule has 2 aromatic carbocycles. The molecule has 1 aliphatic carbocycles. The zero-order valence-electron chi connectivity index (χ0n) is 16.3. The molecule has 146 valence electrons. The summed E-state index contributed by atoms with van der Waals surface area (Å²) >= 11 is 0. The molecule has 3 rings (SSSR count). The van der Waals surface area contributed by atoms with E-state index < -0.39 is 0 Å². The Labute approximate surface area is 165 Å². The average molecular weight is 378 g/mol. The monoisotopic (exact) mass is 378 g/mol. The van der Waals surface area contributed by atoms with E-state index in [4.69, 9.17) is 0 Å². The van der Waals surface area contributed by atoms with Gasteiger partial charge in [0.15, 0.2) is 5.78 Å². The second-order valence-corrected chi connectivity index (χ2v) is 7.53. The van der Waals surface area contributed by atoms with E-state index in [0.717, 1.165) is 11.3 Å². The Kier molecular flexibility index (Phi) is 6.24. The highest BCUT2D eigenvalue weighted by molar-refractivity contribution is 5.98. The number of hydrogen-bond acceptors (Lipinski definition) is 3. The molecule has 28 heavy (non-hydrogen) atoms. The normalized spacial score (nSPS) is 18.9. The summed E-state index contributed by atoms with van der Waals surface area (Å²) in [6.07, 6.45) is 2.76. The lowest BCUT2D eigenvalue weighted by molar-refractivity contribution is -0.125. The number of anilines is 2. The molecule has 2 N–H and O–H groups in total. The Morgan fingerprint density at radius 3 is 1.79 bits per heavy atom. The van der Waals surface area contributed by atoms with Crippen LogP contribution in [0.25, 0.3) is 0 Å². The second-order valence-electron chi connectivity index (χ2n) is 7.53. The largest absolute Gasteiger partial charge is 0.326 e. The fraction of sp³-hybridized carbons (Fsp3) is 0.348. The topological polar surface area (TPSA) is 75.3 Å². The standard InChI is InChI=1S/C23H26N2O3/c1-15-5-3-7-20(13-15)24-22(27)17-9-11-18(12-10-17)23(28)25-21-8-4-6-19(14-21)16(2)26/h3-8,13-14,17-18H,9-12H2,1-2H3,(H,24,27)(H,25,28). The van der Waals surface area contributed by atoms with Crippen molar-refractivity contribution >= 4 is 29.0 Å². The van der Waals surface area contributed by atoms with Gasteiger partial charge >= 0.3 is 0 Å². The molecule has 1 aliphatic rings. The van der Waals surface area contributed by atoms with Gasteiger partial charge in [0.05, 0.1) is 0 Å². The number of amides is 2. The molecule has 1 saturated carbocycles. The maximum atomic E-state index is 12.6. The summed E-state index contributed by atoms with van der Waals surface area (Å²) in [6.45, 7) is 3.50. The average Bonchev–Trinajstić information content (AvgIpc) is 2.68. The van der Waals surface area contributed by atoms with E-state index in [1.165, 1.54) is 6.92 Å². The Balaban J connectivity index is 1.51. The zero-order chi connectivity index (χ0) is 20.1. The highest BCUT2D eigenvalue weighted by Crippen LogP contribution is 2.30. The fourth-order valence-electron chi connectivity index (χ4n) is 3.65. The van der Waals surface area contributed by atoms with E-state index in [1.807, 2.05) is 31.2 Å². The highest BCUT2D eigenvalue weighted by atomic mass is 16.2. The van der Waals surface area contributed by atoms with Crippen LogP contribution in [0.15, 0.2) is 48.5 Å². The summed E-state index contributed by atoms with van der Waals surface area (Å²) in [6, 6.07) is 14.7. The van der Waals surface area contributed by atoms with Crippen molar-refractivity contribution in [2.24, 2.45) is 11.8 Å². The predicted octanol–water partition coefficient (Wildman–Crippen LogP) is 4.58. The number of nitrogens with one attached hydrogen (secondary N) is 2. The number of Topliss-reactive ketones (excluding diaryl/α,β-unsaturated/α-hetero) is 1. The SMILES string of the molecule is CC(=O)c1cccc(NC(=O)C2CCC(C(=O)Nc3cccc(C)c3)CC2)c1. The van der Waals surface area contributed by atoms with Gasteiger partial charge in [-0.2, -0.15) is 0 Å². The van der Waals surface area contributed by atoms with E-state index in [-0.39, 0.29) is 29.4 Å². The Bertz CT molecular complexity index is 883. The zero-order valence-corrected chi connectivity index (χ0v) is 16.3. The third-order valence-electron chi connectivity index (χ3n) is 5.29. The van der Waals surface area contributed by atoms with Crippen LogP contribution in [0.3, 0.4) is 0 Å². The van der Waals surface area contributed by atoms with Crippen LogP contribution in [0.4, 0.5) is 11.4 Å². The first-order valence-corrected chi connectivity index (χ1v) is 9.72. The van der Waals surface area contributed by atoms with Gasteiger partial charge in [0, 0.05) is 28.8 Å². The number of benzene rings is 2. The Morgan fingerprint density at radius 1 is 0.786 bits per heavy atom. The van der Waals surface area contributed by atoms with Crippen molar-refractivity contribution in [3.63, 3.8) is 0 Å². The van der Waals surface area contributed by atoms with Gasteiger partial charge in [-0.3, -0.25) is 14.4 Å². The van der Waals surface area contributed by atoms with Gasteiger partial charge in [-0.25, -0.2) is 0 Å². The Hall–Kier alpha value is -2.95. The molecular weight excluding hydrogens is 352 g/mol. The van der Waals surface area contributed by atoms with Gasteiger partial charge in [-0.15, -0.1) is 0 Å². The first-order valence-electron chi connectivity index (χ1n) is 9.72. The lowest BCUT2D eigenvalue weighted by atomic mass is 9.81. The van der Waals surface area contributed by atoms with Gasteiger partial charge in [0.2, 0.25) is 11.8 Å². The first kappa shape index (κ1) is 19.8. The summed E-state index contributed by atoms with van der Waals surface area (Å²) in [7, 11) is 0. The molecule has 5 heteroatoms. The lowest BCUT2D eigenvalue weighted by Gasteiger charge is -2.27. The van der Waals surface area contributed by atoms with Crippen molar-refractivity contribution in [3.05, 3.63) is 59.7 Å². The van der Waals surface area contributed by atoms with Gasteiger partial charge in [0.1, 0.15) is 0 Å². The quantitative estimate of drug-likeness (QED) is 0.748. The minimum Gasteiger partial charge on any atom is -0.326 e. The molecule has 0 saturated heterocycles. The van der Waals surface area contributed by atoms with Crippen molar-refractivity contribution in [1.82, 2.24) is 0 Å². The molecule has 2 aromatic rings. The first-order chi connectivity index (χ1) is 13.4. The lowest BCUT2D eigenvalue weighted by Crippen LogP contribution is -2.32. The van der Waals surface area contributed by atoms with Crippen LogP contribution >= 0.6 is 0 Å². The summed E-state index contributed by atoms with van der Waals surface area (Å²) in [5.41, 5.74) is 3.13. The molecule has 0 atom stereocenters. The highest BCUT2D eigenvalue weighted by Gasteiger charge is 2.30. The van der Waals surface area contributed by atoms with Crippen LogP contribution < -0.4 is 10.6 Å². The molecule has 0 spiro atoms. The summed E-state index contributed by atoms with van der Waals surface area (Å²) in [5, 5.41) is 5.89. The maximum absolute atomic E-state index is 12.6. The van der Waals surface area contributed by atoms with Crippen LogP contribution in [0.1, 0.15) is 48.5 Å². The number of aryl methyl sites for hydroxylation is 1. The van der Waals surface area contributed by atoms with Gasteiger partial charge in [-0.1, -0.05) is 24.3 Å². The summed E-state index contributed by atoms with van der Waals surface area (Å²) < 4.78 is 0. The number of rotatable bonds is 5. The van der Waals surface area contributed by atoms with Crippen LogP contribution in [-0.4, -0.2) is 17.6 Å². The van der Waals surface area contributed by atoms with E-state index in [0.29, 0.717) is 36.9 Å². The third kappa shape index (κ3) is 5.06. The molecule has 5 nitrogen and oxygen atoms in total. The molecule has 2 amide bonds. The summed E-state index contributed by atoms with van der Waals surface area (Å²) in [5.74, 6) is -0.220. The van der Waals surface area contributed by atoms with Gasteiger partial charge in [0.25, 0.3) is 0 Å². The van der Waals surface area contributed by atoms with Crippen molar-refractivity contribution in [2.75, 3.05) is 10.6 Å². The van der Waals surface area contributed by atoms with E-state index in [2.05, 4.69) is 10.6 Å². The van der Waals surface area contributed by atoms with E-state index >= 15 is 0 Å². The van der Waals surface area contributed by atoms with Crippen LogP contribution in [0.2, 0.25) is 0 Å². The smallest absolute Gasteiger partial charge is 0.227 e. The molecule has 0 unspecified atom stereocenters. The fourth-order valence-corrected chi connectivity index (χ4v) is 3.65. The second kappa shape index (κ2) is 8.83. The van der Waals surface area contributed by atoms with Crippen LogP contribution in [0, 0.1) is 18.8 Å². The van der Waals surface area contributed by atoms with Crippen molar-refractivity contribution in [3.8, 4) is 0 Å². The molecule has 1 fully saturated rings. The van der Waals surface area contributed by atoms with E-state index in [9.17, 15) is 14.4 Å². The van der Waals surface area contributed by atoms with Gasteiger partial charge in [-0.05, 0) is 69.4 Å². The minimum absolute atomic E-state index is 0.0265. The van der Waals surface area contributed by atoms with Crippen molar-refractivity contribution in [2.45, 2.75) is 39.5 Å². The number of hydrogen-bond donors (Lipinski definition) is 2. The third-order valence-corrected chi connectivity index (χ3v) is 5.29.